The molecule has 0 atom stereocenters. The van der Waals surface area contributed by atoms with Crippen molar-refractivity contribution in [1.82, 2.24) is 18.8 Å². The van der Waals surface area contributed by atoms with Crippen LogP contribution in [0.1, 0.15) is 58.2 Å². The number of hydrogen-bond acceptors (Lipinski definition) is 6. The van der Waals surface area contributed by atoms with E-state index in [0.29, 0.717) is 30.9 Å². The first kappa shape index (κ1) is 26.2. The second kappa shape index (κ2) is 11.3. The van der Waals surface area contributed by atoms with Gasteiger partial charge in [-0.1, -0.05) is 33.1 Å². The normalized spacial score (nSPS) is 15.1. The number of ether oxygens (including phenoxy) is 1. The molecule has 1 fully saturated rings. The van der Waals surface area contributed by atoms with Crippen molar-refractivity contribution in [3.63, 3.8) is 0 Å². The SMILES string of the molecule is CCN(CC)S(=O)(=O)c1ccc2c(c1)nc(CCC(=O)OCC(=O)N(C)C1CCCCC1)n2C. The van der Waals surface area contributed by atoms with E-state index in [1.54, 1.807) is 44.0 Å². The number of aryl methyl sites for hydroxylation is 2. The monoisotopic (exact) mass is 492 g/mol. The molecule has 0 spiro atoms. The van der Waals surface area contributed by atoms with Crippen molar-refractivity contribution in [1.29, 1.82) is 0 Å². The van der Waals surface area contributed by atoms with E-state index in [1.807, 2.05) is 11.6 Å². The molecule has 188 valence electrons. The molecule has 10 heteroatoms. The average molecular weight is 493 g/mol. The highest BCUT2D eigenvalue weighted by atomic mass is 32.2. The molecule has 9 nitrogen and oxygen atoms in total. The van der Waals surface area contributed by atoms with Crippen molar-refractivity contribution >= 4 is 32.9 Å². The van der Waals surface area contributed by atoms with Crippen LogP contribution in [0.2, 0.25) is 0 Å². The summed E-state index contributed by atoms with van der Waals surface area (Å²) < 4.78 is 34.1. The molecule has 34 heavy (non-hydrogen) atoms. The van der Waals surface area contributed by atoms with Crippen molar-refractivity contribution in [2.24, 2.45) is 7.05 Å². The Hall–Kier alpha value is -2.46. The maximum atomic E-state index is 12.8. The van der Waals surface area contributed by atoms with Gasteiger partial charge in [0.1, 0.15) is 5.82 Å². The van der Waals surface area contributed by atoms with Gasteiger partial charge in [0, 0.05) is 39.6 Å². The van der Waals surface area contributed by atoms with Crippen LogP contribution in [0.3, 0.4) is 0 Å². The van der Waals surface area contributed by atoms with Crippen LogP contribution in [0.15, 0.2) is 23.1 Å². The van der Waals surface area contributed by atoms with Gasteiger partial charge in [0.25, 0.3) is 5.91 Å². The fourth-order valence-electron chi connectivity index (χ4n) is 4.53. The Morgan fingerprint density at radius 2 is 1.82 bits per heavy atom. The summed E-state index contributed by atoms with van der Waals surface area (Å²) >= 11 is 0. The number of carbonyl (C=O) groups excluding carboxylic acids is 2. The minimum absolute atomic E-state index is 0.0855. The molecule has 1 saturated carbocycles. The number of benzene rings is 1. The largest absolute Gasteiger partial charge is 0.456 e. The van der Waals surface area contributed by atoms with Crippen molar-refractivity contribution in [3.05, 3.63) is 24.0 Å². The molecule has 0 N–H and O–H groups in total. The first-order chi connectivity index (χ1) is 16.2. The van der Waals surface area contributed by atoms with Gasteiger partial charge in [-0.25, -0.2) is 13.4 Å². The van der Waals surface area contributed by atoms with Crippen LogP contribution in [0.4, 0.5) is 0 Å². The van der Waals surface area contributed by atoms with E-state index in [4.69, 9.17) is 4.74 Å². The van der Waals surface area contributed by atoms with E-state index in [2.05, 4.69) is 4.98 Å². The number of rotatable bonds is 10. The van der Waals surface area contributed by atoms with Crippen LogP contribution < -0.4 is 0 Å². The molecule has 1 aromatic carbocycles. The van der Waals surface area contributed by atoms with Gasteiger partial charge in [-0.3, -0.25) is 9.59 Å². The van der Waals surface area contributed by atoms with E-state index < -0.39 is 16.0 Å². The highest BCUT2D eigenvalue weighted by Gasteiger charge is 2.24. The molecule has 0 radical (unpaired) electrons. The van der Waals surface area contributed by atoms with Gasteiger partial charge >= 0.3 is 5.97 Å². The fourth-order valence-corrected chi connectivity index (χ4v) is 6.01. The number of fused-ring (bicyclic) bond motifs is 1. The van der Waals surface area contributed by atoms with Crippen LogP contribution in [0.25, 0.3) is 11.0 Å². The molecule has 1 aliphatic rings. The van der Waals surface area contributed by atoms with E-state index in [-0.39, 0.29) is 29.9 Å². The quantitative estimate of drug-likeness (QED) is 0.473. The summed E-state index contributed by atoms with van der Waals surface area (Å²) in [6, 6.07) is 5.13. The number of carbonyl (C=O) groups is 2. The first-order valence-electron chi connectivity index (χ1n) is 12.1. The van der Waals surface area contributed by atoms with Gasteiger partial charge in [0.05, 0.1) is 22.3 Å². The molecule has 0 unspecified atom stereocenters. The Kier molecular flexibility index (Phi) is 8.70. The summed E-state index contributed by atoms with van der Waals surface area (Å²) in [7, 11) is 0.0298. The lowest BCUT2D eigenvalue weighted by Crippen LogP contribution is -2.40. The maximum Gasteiger partial charge on any atom is 0.306 e. The summed E-state index contributed by atoms with van der Waals surface area (Å²) in [6.07, 6.45) is 5.88. The van der Waals surface area contributed by atoms with Gasteiger partial charge in [-0.05, 0) is 31.0 Å². The summed E-state index contributed by atoms with van der Waals surface area (Å²) in [5.74, 6) is 0.0159. The number of hydrogen-bond donors (Lipinski definition) is 0. The molecule has 0 saturated heterocycles. The van der Waals surface area contributed by atoms with Crippen LogP contribution in [0.5, 0.6) is 0 Å². The lowest BCUT2D eigenvalue weighted by Gasteiger charge is -2.31. The third-order valence-electron chi connectivity index (χ3n) is 6.71. The minimum atomic E-state index is -3.58. The zero-order chi connectivity index (χ0) is 24.9. The first-order valence-corrected chi connectivity index (χ1v) is 13.5. The molecule has 1 heterocycles. The van der Waals surface area contributed by atoms with Gasteiger partial charge in [-0.2, -0.15) is 4.31 Å². The van der Waals surface area contributed by atoms with Crippen molar-refractivity contribution in [3.8, 4) is 0 Å². The topological polar surface area (TPSA) is 102 Å². The summed E-state index contributed by atoms with van der Waals surface area (Å²) in [5, 5.41) is 0. The lowest BCUT2D eigenvalue weighted by atomic mass is 9.94. The number of esters is 1. The van der Waals surface area contributed by atoms with Gasteiger partial charge in [0.2, 0.25) is 10.0 Å². The predicted molar refractivity (Wildman–Crippen MR) is 130 cm³/mol. The Labute approximate surface area is 202 Å². The van der Waals surface area contributed by atoms with Gasteiger partial charge < -0.3 is 14.2 Å². The third-order valence-corrected chi connectivity index (χ3v) is 8.76. The second-order valence-electron chi connectivity index (χ2n) is 8.78. The Balaban J connectivity index is 1.60. The van der Waals surface area contributed by atoms with E-state index >= 15 is 0 Å². The standard InChI is InChI=1S/C24H36N4O5S/c1-5-28(6-2)34(31,32)19-12-13-21-20(16-19)25-22(27(21)4)14-15-24(30)33-17-23(29)26(3)18-10-8-7-9-11-18/h12-13,16,18H,5-11,14-15,17H2,1-4H3. The Morgan fingerprint density at radius 3 is 2.47 bits per heavy atom. The number of sulfonamides is 1. The van der Waals surface area contributed by atoms with E-state index in [0.717, 1.165) is 31.2 Å². The summed E-state index contributed by atoms with van der Waals surface area (Å²) in [6.45, 7) is 4.15. The van der Waals surface area contributed by atoms with Crippen LogP contribution in [-0.4, -0.2) is 71.8 Å². The smallest absolute Gasteiger partial charge is 0.306 e. The van der Waals surface area contributed by atoms with Gasteiger partial charge in [0.15, 0.2) is 6.61 Å². The zero-order valence-corrected chi connectivity index (χ0v) is 21.4. The third kappa shape index (κ3) is 5.78. The molecule has 2 aromatic rings. The van der Waals surface area contributed by atoms with Crippen molar-refractivity contribution < 1.29 is 22.7 Å². The molecule has 1 aromatic heterocycles. The van der Waals surface area contributed by atoms with Crippen LogP contribution in [-0.2, 0) is 37.8 Å². The highest BCUT2D eigenvalue weighted by Crippen LogP contribution is 2.23. The molecule has 0 bridgehead atoms. The molecule has 0 aliphatic heterocycles. The van der Waals surface area contributed by atoms with Crippen LogP contribution >= 0.6 is 0 Å². The number of aromatic nitrogens is 2. The fraction of sp³-hybridized carbons (Fsp3) is 0.625. The predicted octanol–water partition coefficient (Wildman–Crippen LogP) is 2.87. The van der Waals surface area contributed by atoms with Gasteiger partial charge in [-0.15, -0.1) is 0 Å². The highest BCUT2D eigenvalue weighted by molar-refractivity contribution is 7.89. The van der Waals surface area contributed by atoms with Crippen molar-refractivity contribution in [2.45, 2.75) is 69.7 Å². The number of amides is 1. The van der Waals surface area contributed by atoms with Crippen molar-refractivity contribution in [2.75, 3.05) is 26.7 Å². The second-order valence-corrected chi connectivity index (χ2v) is 10.7. The number of likely N-dealkylation sites (N-methyl/N-ethyl adjacent to an activating group) is 1. The van der Waals surface area contributed by atoms with Crippen LogP contribution in [0, 0.1) is 0 Å². The average Bonchev–Trinajstić information content (AvgIpc) is 3.16. The minimum Gasteiger partial charge on any atom is -0.456 e. The number of nitrogens with zero attached hydrogens (tertiary/aromatic N) is 4. The summed E-state index contributed by atoms with van der Waals surface area (Å²) in [4.78, 5) is 31.1. The lowest BCUT2D eigenvalue weighted by molar-refractivity contribution is -0.152. The maximum absolute atomic E-state index is 12.8. The Bertz CT molecular complexity index is 1120. The molecule has 1 aliphatic carbocycles. The molecular weight excluding hydrogens is 456 g/mol. The van der Waals surface area contributed by atoms with E-state index in [9.17, 15) is 18.0 Å². The zero-order valence-electron chi connectivity index (χ0n) is 20.6. The van der Waals surface area contributed by atoms with E-state index in [1.165, 1.54) is 10.7 Å². The molecular formula is C24H36N4O5S. The Morgan fingerprint density at radius 1 is 1.15 bits per heavy atom. The number of imidazole rings is 1. The molecule has 3 rings (SSSR count). The summed E-state index contributed by atoms with van der Waals surface area (Å²) in [5.41, 5.74) is 1.34. The molecule has 1 amide bonds.